The van der Waals surface area contributed by atoms with Crippen LogP contribution in [-0.2, 0) is 9.53 Å². The number of hydrogen-bond acceptors (Lipinski definition) is 6. The Bertz CT molecular complexity index is 664. The van der Waals surface area contributed by atoms with E-state index in [1.54, 1.807) is 18.2 Å². The lowest BCUT2D eigenvalue weighted by Crippen LogP contribution is -2.55. The monoisotopic (exact) mass is 375 g/mol. The zero-order chi connectivity index (χ0) is 19.7. The number of benzene rings is 1. The lowest BCUT2D eigenvalue weighted by Gasteiger charge is -2.40. The third-order valence-corrected chi connectivity index (χ3v) is 4.68. The van der Waals surface area contributed by atoms with E-state index in [0.717, 1.165) is 26.3 Å². The van der Waals surface area contributed by atoms with Crippen molar-refractivity contribution in [2.45, 2.75) is 32.2 Å². The van der Waals surface area contributed by atoms with Crippen molar-refractivity contribution < 1.29 is 19.0 Å². The van der Waals surface area contributed by atoms with Gasteiger partial charge in [-0.05, 0) is 32.4 Å². The maximum atomic E-state index is 12.1. The van der Waals surface area contributed by atoms with Gasteiger partial charge >= 0.3 is 0 Å². The molecule has 27 heavy (non-hydrogen) atoms. The highest BCUT2D eigenvalue weighted by atomic mass is 16.5. The Morgan fingerprint density at radius 1 is 1.33 bits per heavy atom. The third kappa shape index (κ3) is 6.42. The van der Waals surface area contributed by atoms with E-state index in [0.29, 0.717) is 43.1 Å². The van der Waals surface area contributed by atoms with E-state index in [9.17, 15) is 4.79 Å². The molecule has 7 nitrogen and oxygen atoms in total. The van der Waals surface area contributed by atoms with Crippen LogP contribution < -0.4 is 14.8 Å². The van der Waals surface area contributed by atoms with E-state index in [-0.39, 0.29) is 11.4 Å². The van der Waals surface area contributed by atoms with Crippen molar-refractivity contribution in [3.05, 3.63) is 23.8 Å². The van der Waals surface area contributed by atoms with E-state index >= 15 is 0 Å². The van der Waals surface area contributed by atoms with Crippen LogP contribution in [0.4, 0.5) is 0 Å². The molecule has 1 amide bonds. The van der Waals surface area contributed by atoms with Crippen molar-refractivity contribution in [3.8, 4) is 17.6 Å². The summed E-state index contributed by atoms with van der Waals surface area (Å²) in [5.74, 6) is 1.11. The van der Waals surface area contributed by atoms with Crippen molar-refractivity contribution in [1.82, 2.24) is 10.2 Å². The van der Waals surface area contributed by atoms with Crippen LogP contribution in [0.3, 0.4) is 0 Å². The van der Waals surface area contributed by atoms with Crippen LogP contribution in [0, 0.1) is 11.3 Å². The molecule has 1 heterocycles. The molecule has 1 aliphatic heterocycles. The van der Waals surface area contributed by atoms with Crippen LogP contribution in [0.1, 0.15) is 32.3 Å². The molecular weight excluding hydrogens is 346 g/mol. The van der Waals surface area contributed by atoms with Crippen molar-refractivity contribution in [2.75, 3.05) is 46.6 Å². The molecule has 148 valence electrons. The number of nitrogens with zero attached hydrogens (tertiary/aromatic N) is 2. The second-order valence-electron chi connectivity index (χ2n) is 7.12. The standard InChI is InChI=1S/C20H29N3O4/c1-20(2,23-8-11-26-12-9-23)15-22-19(24)5-4-10-27-17-7-6-16(14-21)13-18(17)25-3/h6-7,13H,4-5,8-12,15H2,1-3H3,(H,22,24). The number of carbonyl (C=O) groups is 1. The van der Waals surface area contributed by atoms with E-state index in [2.05, 4.69) is 30.1 Å². The first-order valence-corrected chi connectivity index (χ1v) is 9.27. The fraction of sp³-hybridized carbons (Fsp3) is 0.600. The molecule has 1 saturated heterocycles. The Morgan fingerprint density at radius 2 is 2.07 bits per heavy atom. The normalized spacial score (nSPS) is 15.0. The Labute approximate surface area is 161 Å². The molecule has 1 aliphatic rings. The van der Waals surface area contributed by atoms with Gasteiger partial charge < -0.3 is 19.5 Å². The highest BCUT2D eigenvalue weighted by Gasteiger charge is 2.28. The molecule has 0 spiro atoms. The van der Waals surface area contributed by atoms with Gasteiger partial charge in [0.2, 0.25) is 5.91 Å². The van der Waals surface area contributed by atoms with E-state index in [1.807, 2.05) is 0 Å². The molecule has 0 aliphatic carbocycles. The van der Waals surface area contributed by atoms with Gasteiger partial charge in [-0.3, -0.25) is 9.69 Å². The lowest BCUT2D eigenvalue weighted by atomic mass is 10.0. The van der Waals surface area contributed by atoms with Crippen LogP contribution in [-0.4, -0.2) is 62.9 Å². The second kappa shape index (κ2) is 10.1. The van der Waals surface area contributed by atoms with Crippen LogP contribution in [0.2, 0.25) is 0 Å². The lowest BCUT2D eigenvalue weighted by molar-refractivity contribution is -0.122. The first-order chi connectivity index (χ1) is 13.0. The van der Waals surface area contributed by atoms with Gasteiger partial charge in [0.15, 0.2) is 11.5 Å². The quantitative estimate of drug-likeness (QED) is 0.664. The summed E-state index contributed by atoms with van der Waals surface area (Å²) in [7, 11) is 1.53. The smallest absolute Gasteiger partial charge is 0.220 e. The predicted molar refractivity (Wildman–Crippen MR) is 102 cm³/mol. The summed E-state index contributed by atoms with van der Waals surface area (Å²) >= 11 is 0. The van der Waals surface area contributed by atoms with Crippen LogP contribution in [0.15, 0.2) is 18.2 Å². The zero-order valence-electron chi connectivity index (χ0n) is 16.4. The average Bonchev–Trinajstić information content (AvgIpc) is 2.70. The van der Waals surface area contributed by atoms with E-state index in [1.165, 1.54) is 7.11 Å². The Balaban J connectivity index is 1.69. The van der Waals surface area contributed by atoms with E-state index in [4.69, 9.17) is 19.5 Å². The SMILES string of the molecule is COc1cc(C#N)ccc1OCCCC(=O)NCC(C)(C)N1CCOCC1. The van der Waals surface area contributed by atoms with Crippen molar-refractivity contribution >= 4 is 5.91 Å². The maximum Gasteiger partial charge on any atom is 0.220 e. The summed E-state index contributed by atoms with van der Waals surface area (Å²) in [6, 6.07) is 7.09. The highest BCUT2D eigenvalue weighted by molar-refractivity contribution is 5.75. The Kier molecular flexibility index (Phi) is 7.89. The average molecular weight is 375 g/mol. The van der Waals surface area contributed by atoms with Gasteiger partial charge in [0, 0.05) is 37.7 Å². The largest absolute Gasteiger partial charge is 0.493 e. The number of amides is 1. The molecule has 0 unspecified atom stereocenters. The molecule has 0 atom stereocenters. The molecule has 1 fully saturated rings. The van der Waals surface area contributed by atoms with Crippen LogP contribution in [0.25, 0.3) is 0 Å². The predicted octanol–water partition coefficient (Wildman–Crippen LogP) is 1.95. The van der Waals surface area contributed by atoms with Crippen LogP contribution >= 0.6 is 0 Å². The minimum absolute atomic E-state index is 0.0201. The van der Waals surface area contributed by atoms with Gasteiger partial charge in [-0.15, -0.1) is 0 Å². The number of ether oxygens (including phenoxy) is 3. The van der Waals surface area contributed by atoms with Crippen LogP contribution in [0.5, 0.6) is 11.5 Å². The molecule has 2 rings (SSSR count). The number of carbonyl (C=O) groups excluding carboxylic acids is 1. The maximum absolute atomic E-state index is 12.1. The van der Waals surface area contributed by atoms with Gasteiger partial charge in [-0.1, -0.05) is 0 Å². The molecule has 7 heteroatoms. The number of hydrogen-bond donors (Lipinski definition) is 1. The van der Waals surface area contributed by atoms with Crippen molar-refractivity contribution in [2.24, 2.45) is 0 Å². The van der Waals surface area contributed by atoms with Gasteiger partial charge in [-0.2, -0.15) is 5.26 Å². The summed E-state index contributed by atoms with van der Waals surface area (Å²) in [5.41, 5.74) is 0.424. The zero-order valence-corrected chi connectivity index (χ0v) is 16.4. The number of nitriles is 1. The number of morpholine rings is 1. The van der Waals surface area contributed by atoms with Gasteiger partial charge in [0.1, 0.15) is 0 Å². The first-order valence-electron chi connectivity index (χ1n) is 9.27. The van der Waals surface area contributed by atoms with Crippen molar-refractivity contribution in [1.29, 1.82) is 5.26 Å². The molecule has 0 bridgehead atoms. The minimum atomic E-state index is -0.0915. The first kappa shape index (κ1) is 21.0. The summed E-state index contributed by atoms with van der Waals surface area (Å²) in [5, 5.41) is 11.9. The van der Waals surface area contributed by atoms with Gasteiger partial charge in [-0.25, -0.2) is 0 Å². The number of methoxy groups -OCH3 is 1. The fourth-order valence-corrected chi connectivity index (χ4v) is 2.95. The molecule has 1 aromatic carbocycles. The second-order valence-corrected chi connectivity index (χ2v) is 7.12. The number of nitrogens with one attached hydrogen (secondary N) is 1. The van der Waals surface area contributed by atoms with Crippen molar-refractivity contribution in [3.63, 3.8) is 0 Å². The molecular formula is C20H29N3O4. The Morgan fingerprint density at radius 3 is 2.74 bits per heavy atom. The third-order valence-electron chi connectivity index (χ3n) is 4.68. The molecule has 1 aromatic rings. The molecule has 0 radical (unpaired) electrons. The summed E-state index contributed by atoms with van der Waals surface area (Å²) < 4.78 is 16.3. The molecule has 0 aromatic heterocycles. The molecule has 1 N–H and O–H groups in total. The summed E-state index contributed by atoms with van der Waals surface area (Å²) in [4.78, 5) is 14.5. The number of rotatable bonds is 9. The topological polar surface area (TPSA) is 83.8 Å². The van der Waals surface area contributed by atoms with E-state index < -0.39 is 0 Å². The Hall–Kier alpha value is -2.30. The van der Waals surface area contributed by atoms with Gasteiger partial charge in [0.25, 0.3) is 0 Å². The summed E-state index contributed by atoms with van der Waals surface area (Å²) in [6.45, 7) is 8.56. The fourth-order valence-electron chi connectivity index (χ4n) is 2.95. The van der Waals surface area contributed by atoms with Gasteiger partial charge in [0.05, 0.1) is 38.6 Å². The minimum Gasteiger partial charge on any atom is -0.493 e. The summed E-state index contributed by atoms with van der Waals surface area (Å²) in [6.07, 6.45) is 1.00. The highest BCUT2D eigenvalue weighted by Crippen LogP contribution is 2.27. The molecule has 0 saturated carbocycles.